The summed E-state index contributed by atoms with van der Waals surface area (Å²) in [7, 11) is 0. The van der Waals surface area contributed by atoms with Crippen molar-refractivity contribution in [1.29, 1.82) is 0 Å². The van der Waals surface area contributed by atoms with E-state index in [9.17, 15) is 13.6 Å². The van der Waals surface area contributed by atoms with E-state index < -0.39 is 23.7 Å². The van der Waals surface area contributed by atoms with Crippen LogP contribution in [0, 0.1) is 0 Å². The summed E-state index contributed by atoms with van der Waals surface area (Å²) in [5.41, 5.74) is -2.17. The van der Waals surface area contributed by atoms with Crippen molar-refractivity contribution >= 4 is 5.97 Å². The third-order valence-electron chi connectivity index (χ3n) is 2.65. The molecule has 1 aromatic rings. The molecule has 1 saturated carbocycles. The molecule has 0 bridgehead atoms. The number of carboxylic acid groups (broad SMARTS) is 1. The molecule has 2 rings (SSSR count). The van der Waals surface area contributed by atoms with Gasteiger partial charge in [0.2, 0.25) is 0 Å². The van der Waals surface area contributed by atoms with E-state index in [2.05, 4.69) is 10.1 Å². The van der Waals surface area contributed by atoms with Crippen LogP contribution in [0.4, 0.5) is 8.78 Å². The Morgan fingerprint density at radius 1 is 1.73 bits per heavy atom. The number of aryl methyl sites for hydroxylation is 1. The SMILES string of the molecule is CCn1ncnc1C1(C(=O)O)CC1(F)F. The molecule has 1 unspecified atom stereocenters. The minimum atomic E-state index is -3.22. The van der Waals surface area contributed by atoms with Crippen LogP contribution in [0.25, 0.3) is 0 Å². The lowest BCUT2D eigenvalue weighted by Gasteiger charge is -2.10. The highest BCUT2D eigenvalue weighted by Gasteiger charge is 2.79. The monoisotopic (exact) mass is 217 g/mol. The average molecular weight is 217 g/mol. The second kappa shape index (κ2) is 2.74. The fraction of sp³-hybridized carbons (Fsp3) is 0.625. The lowest BCUT2D eigenvalue weighted by Crippen LogP contribution is -2.31. The number of halogens is 2. The zero-order valence-electron chi connectivity index (χ0n) is 7.94. The van der Waals surface area contributed by atoms with Crippen LogP contribution in [0.15, 0.2) is 6.33 Å². The summed E-state index contributed by atoms with van der Waals surface area (Å²) in [4.78, 5) is 14.5. The number of carboxylic acids is 1. The van der Waals surface area contributed by atoms with Crippen LogP contribution in [-0.4, -0.2) is 31.8 Å². The highest BCUT2D eigenvalue weighted by Crippen LogP contribution is 2.61. The molecule has 1 aliphatic rings. The molecule has 0 radical (unpaired) electrons. The maximum Gasteiger partial charge on any atom is 0.323 e. The summed E-state index contributed by atoms with van der Waals surface area (Å²) in [5, 5.41) is 12.6. The van der Waals surface area contributed by atoms with E-state index in [1.54, 1.807) is 6.92 Å². The molecule has 7 heteroatoms. The molecule has 1 atom stereocenters. The van der Waals surface area contributed by atoms with Crippen molar-refractivity contribution in [2.75, 3.05) is 0 Å². The minimum Gasteiger partial charge on any atom is -0.480 e. The smallest absolute Gasteiger partial charge is 0.323 e. The summed E-state index contributed by atoms with van der Waals surface area (Å²) in [6, 6.07) is 0. The maximum atomic E-state index is 13.1. The van der Waals surface area contributed by atoms with Gasteiger partial charge in [-0.25, -0.2) is 18.4 Å². The molecule has 15 heavy (non-hydrogen) atoms. The summed E-state index contributed by atoms with van der Waals surface area (Å²) < 4.78 is 27.4. The normalized spacial score (nSPS) is 27.7. The van der Waals surface area contributed by atoms with Crippen molar-refractivity contribution < 1.29 is 18.7 Å². The van der Waals surface area contributed by atoms with Gasteiger partial charge in [-0.05, 0) is 6.92 Å². The van der Waals surface area contributed by atoms with Gasteiger partial charge in [0, 0.05) is 13.0 Å². The molecule has 0 aromatic carbocycles. The van der Waals surface area contributed by atoms with E-state index in [0.29, 0.717) is 6.54 Å². The zero-order valence-corrected chi connectivity index (χ0v) is 7.94. The van der Waals surface area contributed by atoms with Gasteiger partial charge >= 0.3 is 5.97 Å². The van der Waals surface area contributed by atoms with Crippen molar-refractivity contribution in [3.63, 3.8) is 0 Å². The average Bonchev–Trinajstić information content (AvgIpc) is 2.60. The molecule has 5 nitrogen and oxygen atoms in total. The summed E-state index contributed by atoms with van der Waals surface area (Å²) in [6.45, 7) is 2.01. The van der Waals surface area contributed by atoms with Crippen LogP contribution < -0.4 is 0 Å². The number of rotatable bonds is 3. The molecule has 0 spiro atoms. The Labute approximate surface area is 83.7 Å². The second-order valence-corrected chi connectivity index (χ2v) is 3.49. The molecule has 1 fully saturated rings. The van der Waals surface area contributed by atoms with E-state index >= 15 is 0 Å². The van der Waals surface area contributed by atoms with Gasteiger partial charge in [0.25, 0.3) is 5.92 Å². The van der Waals surface area contributed by atoms with Crippen molar-refractivity contribution in [2.24, 2.45) is 0 Å². The second-order valence-electron chi connectivity index (χ2n) is 3.49. The van der Waals surface area contributed by atoms with Crippen molar-refractivity contribution in [3.8, 4) is 0 Å². The predicted octanol–water partition coefficient (Wildman–Crippen LogP) is 0.659. The third-order valence-corrected chi connectivity index (χ3v) is 2.65. The van der Waals surface area contributed by atoms with E-state index in [1.165, 1.54) is 4.68 Å². The van der Waals surface area contributed by atoms with Gasteiger partial charge in [-0.3, -0.25) is 4.79 Å². The Hall–Kier alpha value is -1.53. The van der Waals surface area contributed by atoms with Crippen LogP contribution in [0.2, 0.25) is 0 Å². The number of nitrogens with zero attached hydrogens (tertiary/aromatic N) is 3. The predicted molar refractivity (Wildman–Crippen MR) is 44.6 cm³/mol. The fourth-order valence-corrected chi connectivity index (χ4v) is 1.69. The molecule has 0 amide bonds. The summed E-state index contributed by atoms with van der Waals surface area (Å²) >= 11 is 0. The standard InChI is InChI=1S/C8H9F2N3O2/c1-2-13-5(11-4-12-13)7(6(14)15)3-8(7,9)10/h4H,2-3H2,1H3,(H,14,15). The number of carbonyl (C=O) groups is 1. The summed E-state index contributed by atoms with van der Waals surface area (Å²) in [6.07, 6.45) is 0.395. The number of hydrogen-bond acceptors (Lipinski definition) is 3. The lowest BCUT2D eigenvalue weighted by atomic mass is 10.1. The van der Waals surface area contributed by atoms with Crippen LogP contribution in [0.5, 0.6) is 0 Å². The first-order valence-corrected chi connectivity index (χ1v) is 4.45. The first-order chi connectivity index (χ1) is 6.95. The fourth-order valence-electron chi connectivity index (χ4n) is 1.69. The number of alkyl halides is 2. The summed E-state index contributed by atoms with van der Waals surface area (Å²) in [5.74, 6) is -4.93. The zero-order chi connectivity index (χ0) is 11.3. The van der Waals surface area contributed by atoms with Gasteiger partial charge in [0.05, 0.1) is 0 Å². The molecular weight excluding hydrogens is 208 g/mol. The molecule has 1 aliphatic carbocycles. The van der Waals surface area contributed by atoms with E-state index in [4.69, 9.17) is 5.11 Å². The quantitative estimate of drug-likeness (QED) is 0.807. The topological polar surface area (TPSA) is 68.0 Å². The van der Waals surface area contributed by atoms with Crippen LogP contribution in [0.1, 0.15) is 19.2 Å². The number of hydrogen-bond donors (Lipinski definition) is 1. The molecule has 1 N–H and O–H groups in total. The Morgan fingerprint density at radius 3 is 2.73 bits per heavy atom. The molecule has 1 aromatic heterocycles. The number of aromatic nitrogens is 3. The van der Waals surface area contributed by atoms with E-state index in [-0.39, 0.29) is 5.82 Å². The Balaban J connectivity index is 2.50. The van der Waals surface area contributed by atoms with Crippen molar-refractivity contribution in [1.82, 2.24) is 14.8 Å². The molecule has 0 aliphatic heterocycles. The van der Waals surface area contributed by atoms with Gasteiger partial charge in [0.15, 0.2) is 11.2 Å². The van der Waals surface area contributed by atoms with Crippen LogP contribution in [-0.2, 0) is 16.8 Å². The van der Waals surface area contributed by atoms with Crippen molar-refractivity contribution in [3.05, 3.63) is 12.2 Å². The highest BCUT2D eigenvalue weighted by atomic mass is 19.3. The lowest BCUT2D eigenvalue weighted by molar-refractivity contribution is -0.143. The number of aliphatic carboxylic acids is 1. The van der Waals surface area contributed by atoms with E-state index in [0.717, 1.165) is 6.33 Å². The maximum absolute atomic E-state index is 13.1. The van der Waals surface area contributed by atoms with Crippen LogP contribution in [0.3, 0.4) is 0 Å². The molecular formula is C8H9F2N3O2. The van der Waals surface area contributed by atoms with E-state index in [1.807, 2.05) is 0 Å². The molecule has 1 heterocycles. The van der Waals surface area contributed by atoms with Gasteiger partial charge in [0.1, 0.15) is 6.33 Å². The van der Waals surface area contributed by atoms with Crippen molar-refractivity contribution in [2.45, 2.75) is 31.2 Å². The van der Waals surface area contributed by atoms with Gasteiger partial charge in [-0.1, -0.05) is 0 Å². The Bertz CT molecular complexity index is 418. The van der Waals surface area contributed by atoms with Gasteiger partial charge in [-0.15, -0.1) is 0 Å². The minimum absolute atomic E-state index is 0.164. The first-order valence-electron chi connectivity index (χ1n) is 4.45. The molecule has 82 valence electrons. The highest BCUT2D eigenvalue weighted by molar-refractivity contribution is 5.86. The van der Waals surface area contributed by atoms with Gasteiger partial charge in [-0.2, -0.15) is 5.10 Å². The first kappa shape index (κ1) is 10.0. The third kappa shape index (κ3) is 1.09. The Morgan fingerprint density at radius 2 is 2.33 bits per heavy atom. The van der Waals surface area contributed by atoms with Crippen LogP contribution >= 0.6 is 0 Å². The van der Waals surface area contributed by atoms with Gasteiger partial charge < -0.3 is 5.11 Å². The molecule has 0 saturated heterocycles. The largest absolute Gasteiger partial charge is 0.480 e. The Kier molecular flexibility index (Phi) is 1.83.